The molecule has 2 heterocycles. The van der Waals surface area contributed by atoms with Gasteiger partial charge in [0.15, 0.2) is 0 Å². The molecule has 0 aliphatic carbocycles. The predicted molar refractivity (Wildman–Crippen MR) is 85.4 cm³/mol. The fourth-order valence-electron chi connectivity index (χ4n) is 3.25. The van der Waals surface area contributed by atoms with Crippen molar-refractivity contribution in [3.63, 3.8) is 0 Å². The minimum Gasteiger partial charge on any atom is -0.339 e. The largest absolute Gasteiger partial charge is 0.339 e. The third-order valence-corrected chi connectivity index (χ3v) is 4.35. The van der Waals surface area contributed by atoms with Gasteiger partial charge in [-0.05, 0) is 24.3 Å². The van der Waals surface area contributed by atoms with Gasteiger partial charge in [0, 0.05) is 25.2 Å². The van der Waals surface area contributed by atoms with Crippen LogP contribution >= 0.6 is 0 Å². The monoisotopic (exact) mass is 290 g/mol. The Kier molecular flexibility index (Phi) is 2.51. The molecule has 0 fully saturated rings. The van der Waals surface area contributed by atoms with Crippen LogP contribution in [0.5, 0.6) is 0 Å². The van der Waals surface area contributed by atoms with E-state index in [1.54, 1.807) is 12.1 Å². The van der Waals surface area contributed by atoms with Crippen LogP contribution in [0.2, 0.25) is 0 Å². The Labute approximate surface area is 128 Å². The third kappa shape index (κ3) is 1.46. The Bertz CT molecular complexity index is 795. The number of anilines is 2. The summed E-state index contributed by atoms with van der Waals surface area (Å²) in [6, 6.07) is 14.9. The topological polar surface area (TPSA) is 40.6 Å². The highest BCUT2D eigenvalue weighted by molar-refractivity contribution is 6.28. The van der Waals surface area contributed by atoms with Crippen LogP contribution in [0, 0.1) is 0 Å². The minimum absolute atomic E-state index is 0.0962. The summed E-state index contributed by atoms with van der Waals surface area (Å²) < 4.78 is 0. The molecule has 2 aliphatic heterocycles. The lowest BCUT2D eigenvalue weighted by Crippen LogP contribution is -2.25. The molecule has 0 N–H and O–H groups in total. The van der Waals surface area contributed by atoms with Crippen molar-refractivity contribution in [1.82, 2.24) is 0 Å². The summed E-state index contributed by atoms with van der Waals surface area (Å²) >= 11 is 0. The van der Waals surface area contributed by atoms with E-state index in [4.69, 9.17) is 0 Å². The van der Waals surface area contributed by atoms with Gasteiger partial charge in [-0.2, -0.15) is 0 Å². The van der Waals surface area contributed by atoms with Crippen LogP contribution in [-0.4, -0.2) is 25.7 Å². The molecule has 108 valence electrons. The van der Waals surface area contributed by atoms with Crippen molar-refractivity contribution in [3.05, 3.63) is 71.1 Å². The normalized spacial score (nSPS) is 19.7. The van der Waals surface area contributed by atoms with E-state index < -0.39 is 0 Å². The first-order valence-corrected chi connectivity index (χ1v) is 7.10. The second-order valence-corrected chi connectivity index (χ2v) is 5.51. The molecule has 0 bridgehead atoms. The number of para-hydroxylation sites is 2. The predicted octanol–water partition coefficient (Wildman–Crippen LogP) is 2.86. The van der Waals surface area contributed by atoms with Gasteiger partial charge in [0.2, 0.25) is 11.6 Å². The zero-order valence-electron chi connectivity index (χ0n) is 12.3. The second kappa shape index (κ2) is 4.31. The maximum Gasteiger partial charge on any atom is 0.213 e. The number of allylic oxidation sites excluding steroid dienone is 2. The number of ketones is 2. The molecule has 0 unspecified atom stereocenters. The molecule has 22 heavy (non-hydrogen) atoms. The summed E-state index contributed by atoms with van der Waals surface area (Å²) in [5.74, 6) is -0.192. The van der Waals surface area contributed by atoms with Crippen LogP contribution in [0.15, 0.2) is 59.9 Å². The number of Topliss-reactive ketones (excluding diaryl/α,β-unsaturated/α-hetero) is 2. The maximum absolute atomic E-state index is 12.8. The van der Waals surface area contributed by atoms with E-state index in [9.17, 15) is 9.59 Å². The molecule has 0 saturated heterocycles. The molecule has 0 saturated carbocycles. The van der Waals surface area contributed by atoms with Gasteiger partial charge in [-0.3, -0.25) is 9.59 Å². The van der Waals surface area contributed by atoms with E-state index in [-0.39, 0.29) is 11.6 Å². The highest BCUT2D eigenvalue weighted by Gasteiger charge is 2.40. The lowest BCUT2D eigenvalue weighted by molar-refractivity contribution is 0.100. The van der Waals surface area contributed by atoms with Crippen LogP contribution in [-0.2, 0) is 0 Å². The standard InChI is InChI=1S/C18H14N2O2/c1-19-13-9-5-3-7-11(13)17(21)15(19)16-18(22)12-8-4-6-10-14(12)20(16)2/h3-10H,1-2H3/b16-15+. The summed E-state index contributed by atoms with van der Waals surface area (Å²) in [4.78, 5) is 29.1. The van der Waals surface area contributed by atoms with Crippen molar-refractivity contribution < 1.29 is 9.59 Å². The fraction of sp³-hybridized carbons (Fsp3) is 0.111. The smallest absolute Gasteiger partial charge is 0.213 e. The maximum atomic E-state index is 12.8. The third-order valence-electron chi connectivity index (χ3n) is 4.35. The Morgan fingerprint density at radius 1 is 0.636 bits per heavy atom. The summed E-state index contributed by atoms with van der Waals surface area (Å²) in [6.07, 6.45) is 0. The lowest BCUT2D eigenvalue weighted by atomic mass is 10.1. The quantitative estimate of drug-likeness (QED) is 0.700. The van der Waals surface area contributed by atoms with Crippen LogP contribution in [0.25, 0.3) is 0 Å². The Balaban J connectivity index is 1.95. The molecule has 2 aromatic carbocycles. The van der Waals surface area contributed by atoms with Gasteiger partial charge >= 0.3 is 0 Å². The number of fused-ring (bicyclic) bond motifs is 2. The van der Waals surface area contributed by atoms with Crippen molar-refractivity contribution >= 4 is 22.9 Å². The molecule has 0 amide bonds. The molecular formula is C18H14N2O2. The Hall–Kier alpha value is -2.88. The molecule has 4 nitrogen and oxygen atoms in total. The first kappa shape index (κ1) is 12.8. The van der Waals surface area contributed by atoms with Crippen LogP contribution < -0.4 is 9.80 Å². The minimum atomic E-state index is -0.0962. The second-order valence-electron chi connectivity index (χ2n) is 5.51. The molecule has 4 heteroatoms. The van der Waals surface area contributed by atoms with Crippen LogP contribution in [0.3, 0.4) is 0 Å². The van der Waals surface area contributed by atoms with E-state index >= 15 is 0 Å². The van der Waals surface area contributed by atoms with Crippen molar-refractivity contribution in [1.29, 1.82) is 0 Å². The molecule has 0 atom stereocenters. The highest BCUT2D eigenvalue weighted by Crippen LogP contribution is 2.40. The number of hydrogen-bond donors (Lipinski definition) is 0. The number of benzene rings is 2. The number of likely N-dealkylation sites (N-methyl/N-ethyl adjacent to an activating group) is 2. The van der Waals surface area contributed by atoms with Gasteiger partial charge < -0.3 is 9.80 Å². The van der Waals surface area contributed by atoms with Gasteiger partial charge in [0.25, 0.3) is 0 Å². The molecular weight excluding hydrogens is 276 g/mol. The molecule has 2 aliphatic rings. The zero-order chi connectivity index (χ0) is 15.4. The average molecular weight is 290 g/mol. The number of hydrogen-bond acceptors (Lipinski definition) is 4. The SMILES string of the molecule is CN1/C(=C2\C(=O)c3ccccc3N2C)C(=O)c2ccccc21. The number of carbonyl (C=O) groups excluding carboxylic acids is 2. The van der Waals surface area contributed by atoms with E-state index in [1.807, 2.05) is 60.3 Å². The average Bonchev–Trinajstić information content (AvgIpc) is 2.94. The zero-order valence-corrected chi connectivity index (χ0v) is 12.3. The molecule has 4 rings (SSSR count). The molecule has 2 aromatic rings. The lowest BCUT2D eigenvalue weighted by Gasteiger charge is -2.20. The van der Waals surface area contributed by atoms with E-state index in [2.05, 4.69) is 0 Å². The summed E-state index contributed by atoms with van der Waals surface area (Å²) in [5, 5.41) is 0. The number of nitrogens with zero attached hydrogens (tertiary/aromatic N) is 2. The summed E-state index contributed by atoms with van der Waals surface area (Å²) in [6.45, 7) is 0. The van der Waals surface area contributed by atoms with Crippen molar-refractivity contribution in [3.8, 4) is 0 Å². The van der Waals surface area contributed by atoms with Gasteiger partial charge in [0.1, 0.15) is 11.4 Å². The van der Waals surface area contributed by atoms with Crippen LogP contribution in [0.1, 0.15) is 20.7 Å². The van der Waals surface area contributed by atoms with Crippen molar-refractivity contribution in [2.75, 3.05) is 23.9 Å². The molecule has 0 radical (unpaired) electrons. The van der Waals surface area contributed by atoms with Gasteiger partial charge in [-0.25, -0.2) is 0 Å². The number of rotatable bonds is 0. The number of carbonyl (C=O) groups is 2. The summed E-state index contributed by atoms with van der Waals surface area (Å²) in [7, 11) is 3.66. The van der Waals surface area contributed by atoms with Gasteiger partial charge in [-0.1, -0.05) is 24.3 Å². The fourth-order valence-corrected chi connectivity index (χ4v) is 3.25. The van der Waals surface area contributed by atoms with Crippen molar-refractivity contribution in [2.24, 2.45) is 0 Å². The van der Waals surface area contributed by atoms with Crippen molar-refractivity contribution in [2.45, 2.75) is 0 Å². The van der Waals surface area contributed by atoms with E-state index in [0.717, 1.165) is 11.4 Å². The Morgan fingerprint density at radius 2 is 1.00 bits per heavy atom. The first-order valence-electron chi connectivity index (χ1n) is 7.10. The van der Waals surface area contributed by atoms with Gasteiger partial charge in [-0.15, -0.1) is 0 Å². The summed E-state index contributed by atoms with van der Waals surface area (Å²) in [5.41, 5.74) is 3.86. The first-order chi connectivity index (χ1) is 10.6. The van der Waals surface area contributed by atoms with E-state index in [0.29, 0.717) is 22.5 Å². The highest BCUT2D eigenvalue weighted by atomic mass is 16.1. The molecule has 0 aromatic heterocycles. The van der Waals surface area contributed by atoms with Crippen LogP contribution in [0.4, 0.5) is 11.4 Å². The Morgan fingerprint density at radius 3 is 1.36 bits per heavy atom. The van der Waals surface area contributed by atoms with E-state index in [1.165, 1.54) is 0 Å². The van der Waals surface area contributed by atoms with Gasteiger partial charge in [0.05, 0.1) is 11.4 Å². The molecule has 0 spiro atoms.